The van der Waals surface area contributed by atoms with Crippen molar-refractivity contribution in [1.82, 2.24) is 4.90 Å². The van der Waals surface area contributed by atoms with Gasteiger partial charge in [0.05, 0.1) is 29.7 Å². The number of aliphatic hydroxyl groups is 1. The van der Waals surface area contributed by atoms with E-state index in [2.05, 4.69) is 5.32 Å². The zero-order valence-corrected chi connectivity index (χ0v) is 15.9. The van der Waals surface area contributed by atoms with E-state index in [-0.39, 0.29) is 37.0 Å². The fourth-order valence-corrected chi connectivity index (χ4v) is 4.05. The molecule has 1 unspecified atom stereocenters. The van der Waals surface area contributed by atoms with Gasteiger partial charge in [-0.15, -0.1) is 11.8 Å². The SMILES string of the molecule is CC(=O)Nc1ccc(C2=C(SCCO)C(=O)N(CC3CCCO3)C2=O)cc1. The van der Waals surface area contributed by atoms with Gasteiger partial charge in [0.1, 0.15) is 0 Å². The van der Waals surface area contributed by atoms with Gasteiger partial charge in [0.25, 0.3) is 11.8 Å². The monoisotopic (exact) mass is 390 g/mol. The number of aliphatic hydroxyl groups excluding tert-OH is 1. The molecule has 2 heterocycles. The third-order valence-corrected chi connectivity index (χ3v) is 5.42. The number of thioether (sulfide) groups is 1. The Bertz CT molecular complexity index is 769. The Morgan fingerprint density at radius 2 is 2.04 bits per heavy atom. The first-order chi connectivity index (χ1) is 13.0. The molecule has 1 aromatic carbocycles. The predicted octanol–water partition coefficient (Wildman–Crippen LogP) is 1.63. The second-order valence-corrected chi connectivity index (χ2v) is 7.50. The summed E-state index contributed by atoms with van der Waals surface area (Å²) in [6.07, 6.45) is 1.64. The Kier molecular flexibility index (Phi) is 6.30. The first-order valence-electron chi connectivity index (χ1n) is 8.85. The highest BCUT2D eigenvalue weighted by Crippen LogP contribution is 2.36. The van der Waals surface area contributed by atoms with E-state index in [0.29, 0.717) is 34.1 Å². The highest BCUT2D eigenvalue weighted by molar-refractivity contribution is 8.04. The number of benzene rings is 1. The summed E-state index contributed by atoms with van der Waals surface area (Å²) in [7, 11) is 0. The summed E-state index contributed by atoms with van der Waals surface area (Å²) in [5.74, 6) is -0.538. The number of rotatable bonds is 7. The molecule has 2 aliphatic heterocycles. The topological polar surface area (TPSA) is 95.9 Å². The van der Waals surface area contributed by atoms with Crippen LogP contribution in [0.1, 0.15) is 25.3 Å². The third kappa shape index (κ3) is 4.40. The minimum atomic E-state index is -0.344. The zero-order valence-electron chi connectivity index (χ0n) is 15.1. The van der Waals surface area contributed by atoms with Crippen LogP contribution in [0.2, 0.25) is 0 Å². The van der Waals surface area contributed by atoms with Crippen LogP contribution in [-0.2, 0) is 19.1 Å². The second-order valence-electron chi connectivity index (χ2n) is 6.39. The minimum absolute atomic E-state index is 0.0872. The molecule has 3 rings (SSSR count). The zero-order chi connectivity index (χ0) is 19.4. The van der Waals surface area contributed by atoms with Crippen LogP contribution in [0.3, 0.4) is 0 Å². The van der Waals surface area contributed by atoms with Crippen LogP contribution >= 0.6 is 11.8 Å². The highest BCUT2D eigenvalue weighted by atomic mass is 32.2. The summed E-state index contributed by atoms with van der Waals surface area (Å²) < 4.78 is 5.57. The summed E-state index contributed by atoms with van der Waals surface area (Å²) in [6.45, 7) is 2.23. The molecule has 0 bridgehead atoms. The molecule has 7 nitrogen and oxygen atoms in total. The minimum Gasteiger partial charge on any atom is -0.396 e. The molecule has 27 heavy (non-hydrogen) atoms. The normalized spacial score (nSPS) is 19.9. The molecule has 8 heteroatoms. The van der Waals surface area contributed by atoms with Gasteiger partial charge in [-0.2, -0.15) is 0 Å². The number of ether oxygens (including phenoxy) is 1. The molecule has 144 valence electrons. The highest BCUT2D eigenvalue weighted by Gasteiger charge is 2.40. The van der Waals surface area contributed by atoms with E-state index in [9.17, 15) is 14.4 Å². The van der Waals surface area contributed by atoms with Gasteiger partial charge in [-0.1, -0.05) is 12.1 Å². The molecule has 0 radical (unpaired) electrons. The molecule has 2 aliphatic rings. The first-order valence-corrected chi connectivity index (χ1v) is 9.83. The number of hydrogen-bond acceptors (Lipinski definition) is 6. The molecule has 0 saturated carbocycles. The molecular formula is C19H22N2O5S. The van der Waals surface area contributed by atoms with Gasteiger partial charge >= 0.3 is 0 Å². The summed E-state index contributed by atoms with van der Waals surface area (Å²) in [4.78, 5) is 38.6. The molecule has 1 saturated heterocycles. The van der Waals surface area contributed by atoms with Crippen LogP contribution in [0.5, 0.6) is 0 Å². The van der Waals surface area contributed by atoms with E-state index in [1.807, 2.05) is 0 Å². The molecule has 0 spiro atoms. The van der Waals surface area contributed by atoms with Crippen molar-refractivity contribution in [3.05, 3.63) is 34.7 Å². The lowest BCUT2D eigenvalue weighted by Crippen LogP contribution is -2.37. The Hall–Kier alpha value is -2.16. The van der Waals surface area contributed by atoms with Crippen molar-refractivity contribution in [2.45, 2.75) is 25.9 Å². The van der Waals surface area contributed by atoms with E-state index in [4.69, 9.17) is 9.84 Å². The molecule has 1 atom stereocenters. The van der Waals surface area contributed by atoms with Crippen molar-refractivity contribution in [2.24, 2.45) is 0 Å². The number of hydrogen-bond donors (Lipinski definition) is 2. The molecular weight excluding hydrogens is 368 g/mol. The van der Waals surface area contributed by atoms with Crippen LogP contribution in [-0.4, -0.2) is 59.3 Å². The van der Waals surface area contributed by atoms with Gasteiger partial charge in [-0.05, 0) is 30.5 Å². The van der Waals surface area contributed by atoms with Gasteiger partial charge < -0.3 is 15.2 Å². The van der Waals surface area contributed by atoms with E-state index in [0.717, 1.165) is 12.8 Å². The number of carbonyl (C=O) groups is 3. The van der Waals surface area contributed by atoms with Gasteiger partial charge in [-0.25, -0.2) is 0 Å². The Balaban J connectivity index is 1.87. The van der Waals surface area contributed by atoms with E-state index < -0.39 is 0 Å². The average Bonchev–Trinajstić information content (AvgIpc) is 3.23. The van der Waals surface area contributed by atoms with Crippen molar-refractivity contribution in [2.75, 3.05) is 30.8 Å². The Labute approximate surface area is 161 Å². The van der Waals surface area contributed by atoms with Crippen molar-refractivity contribution in [3.8, 4) is 0 Å². The fraction of sp³-hybridized carbons (Fsp3) is 0.421. The molecule has 3 amide bonds. The second kappa shape index (κ2) is 8.69. The fourth-order valence-electron chi connectivity index (χ4n) is 3.17. The number of nitrogens with one attached hydrogen (secondary N) is 1. The summed E-state index contributed by atoms with van der Waals surface area (Å²) in [5.41, 5.74) is 1.56. The van der Waals surface area contributed by atoms with Crippen molar-refractivity contribution in [3.63, 3.8) is 0 Å². The molecule has 0 aliphatic carbocycles. The lowest BCUT2D eigenvalue weighted by Gasteiger charge is -2.19. The average molecular weight is 390 g/mol. The van der Waals surface area contributed by atoms with Crippen LogP contribution in [0, 0.1) is 0 Å². The van der Waals surface area contributed by atoms with Gasteiger partial charge in [0.15, 0.2) is 0 Å². The van der Waals surface area contributed by atoms with Gasteiger partial charge in [0.2, 0.25) is 5.91 Å². The van der Waals surface area contributed by atoms with Crippen molar-refractivity contribution >= 4 is 40.7 Å². The summed E-state index contributed by atoms with van der Waals surface area (Å²) in [6, 6.07) is 6.80. The largest absolute Gasteiger partial charge is 0.396 e. The number of amides is 3. The number of anilines is 1. The maximum Gasteiger partial charge on any atom is 0.268 e. The van der Waals surface area contributed by atoms with Gasteiger partial charge in [-0.3, -0.25) is 19.3 Å². The van der Waals surface area contributed by atoms with E-state index >= 15 is 0 Å². The molecule has 1 aromatic rings. The molecule has 0 aromatic heterocycles. The Morgan fingerprint density at radius 1 is 1.30 bits per heavy atom. The van der Waals surface area contributed by atoms with Crippen LogP contribution < -0.4 is 5.32 Å². The van der Waals surface area contributed by atoms with Crippen molar-refractivity contribution < 1.29 is 24.2 Å². The maximum atomic E-state index is 13.0. The van der Waals surface area contributed by atoms with Crippen LogP contribution in [0.4, 0.5) is 5.69 Å². The number of nitrogens with zero attached hydrogens (tertiary/aromatic N) is 1. The Morgan fingerprint density at radius 3 is 2.63 bits per heavy atom. The van der Waals surface area contributed by atoms with E-state index in [1.54, 1.807) is 24.3 Å². The quantitative estimate of drug-likeness (QED) is 0.687. The summed E-state index contributed by atoms with van der Waals surface area (Å²) in [5, 5.41) is 11.8. The first kappa shape index (κ1) is 19.6. The third-order valence-electron chi connectivity index (χ3n) is 4.37. The standard InChI is InChI=1S/C19H22N2O5S/c1-12(23)20-14-6-4-13(5-7-14)16-17(27-10-8-22)19(25)21(18(16)24)11-15-3-2-9-26-15/h4-7,15,22H,2-3,8-11H2,1H3,(H,20,23). The van der Waals surface area contributed by atoms with Gasteiger partial charge in [0, 0.05) is 25.0 Å². The lowest BCUT2D eigenvalue weighted by molar-refractivity contribution is -0.138. The van der Waals surface area contributed by atoms with E-state index in [1.165, 1.54) is 23.6 Å². The van der Waals surface area contributed by atoms with Crippen LogP contribution in [0.15, 0.2) is 29.2 Å². The maximum absolute atomic E-state index is 13.0. The smallest absolute Gasteiger partial charge is 0.268 e. The summed E-state index contributed by atoms with van der Waals surface area (Å²) >= 11 is 1.18. The number of carbonyl (C=O) groups excluding carboxylic acids is 3. The van der Waals surface area contributed by atoms with Crippen LogP contribution in [0.25, 0.3) is 5.57 Å². The molecule has 2 N–H and O–H groups in total. The van der Waals surface area contributed by atoms with Crippen molar-refractivity contribution in [1.29, 1.82) is 0 Å². The predicted molar refractivity (Wildman–Crippen MR) is 103 cm³/mol. The number of imide groups is 1. The lowest BCUT2D eigenvalue weighted by atomic mass is 10.1. The molecule has 1 fully saturated rings.